The smallest absolute Gasteiger partial charge is 0.841 e. The Bertz CT molecular complexity index is 236. The molecular formula is C6H6K2O7. The van der Waals surface area contributed by atoms with Crippen molar-refractivity contribution < 1.29 is 138 Å². The Labute approximate surface area is 170 Å². The molecule has 0 heterocycles. The molecule has 7 nitrogen and oxygen atoms in total. The van der Waals surface area contributed by atoms with Gasteiger partial charge in [-0.1, -0.05) is 0 Å². The first kappa shape index (κ1) is 21.9. The summed E-state index contributed by atoms with van der Waals surface area (Å²) in [5.74, 6) is -5.57. The standard InChI is InChI=1S/C6H7O7.2K/c7-3(8)1-6(13,5(11)12)2-4(9)10;;/h1-2H2,(H,7,8)(H,9,10)(H,11,12);;/q-1;2*+1/p-1. The summed E-state index contributed by atoms with van der Waals surface area (Å²) in [5, 5.41) is 37.4. The molecule has 0 saturated heterocycles. The fourth-order valence-electron chi connectivity index (χ4n) is 0.691. The van der Waals surface area contributed by atoms with Crippen molar-refractivity contribution in [2.75, 3.05) is 0 Å². The van der Waals surface area contributed by atoms with E-state index in [1.807, 2.05) is 0 Å². The maximum Gasteiger partial charge on any atom is 1.00 e. The van der Waals surface area contributed by atoms with Crippen LogP contribution in [0.15, 0.2) is 0 Å². The number of carbonyl (C=O) groups is 3. The molecule has 0 saturated carbocycles. The summed E-state index contributed by atoms with van der Waals surface area (Å²) in [7, 11) is 0. The number of carboxylic acid groups (broad SMARTS) is 3. The van der Waals surface area contributed by atoms with Crippen LogP contribution in [0.2, 0.25) is 0 Å². The number of rotatable bonds is 5. The molecule has 9 heteroatoms. The van der Waals surface area contributed by atoms with E-state index in [-0.39, 0.29) is 103 Å². The molecule has 0 aliphatic carbocycles. The Morgan fingerprint density at radius 1 is 1.07 bits per heavy atom. The maximum absolute atomic E-state index is 11.0. The molecule has 0 bridgehead atoms. The molecule has 0 amide bonds. The molecule has 0 radical (unpaired) electrons. The second-order valence-electron chi connectivity index (χ2n) is 2.42. The van der Waals surface area contributed by atoms with Gasteiger partial charge in [0.25, 0.3) is 5.97 Å². The third-order valence-electron chi connectivity index (χ3n) is 1.26. The summed E-state index contributed by atoms with van der Waals surface area (Å²) >= 11 is 0. The second kappa shape index (κ2) is 9.65. The summed E-state index contributed by atoms with van der Waals surface area (Å²) < 4.78 is 0. The van der Waals surface area contributed by atoms with E-state index < -0.39 is 36.4 Å². The van der Waals surface area contributed by atoms with Crippen molar-refractivity contribution in [3.05, 3.63) is 0 Å². The minimum absolute atomic E-state index is 0. The normalized spacial score (nSPS) is 12.6. The molecule has 1 atom stereocenters. The van der Waals surface area contributed by atoms with Crippen LogP contribution >= 0.6 is 0 Å². The zero-order valence-electron chi connectivity index (χ0n) is 8.35. The van der Waals surface area contributed by atoms with E-state index in [2.05, 4.69) is 0 Å². The molecule has 0 spiro atoms. The van der Waals surface area contributed by atoms with Crippen LogP contribution in [0.5, 0.6) is 0 Å². The minimum Gasteiger partial charge on any atom is -0.841 e. The zero-order valence-corrected chi connectivity index (χ0v) is 14.6. The van der Waals surface area contributed by atoms with Gasteiger partial charge in [0.05, 0.1) is 0 Å². The Morgan fingerprint density at radius 2 is 1.47 bits per heavy atom. The van der Waals surface area contributed by atoms with E-state index in [1.54, 1.807) is 0 Å². The number of aliphatic carboxylic acids is 3. The third kappa shape index (κ3) is 9.35. The number of carboxylic acids is 3. The van der Waals surface area contributed by atoms with Crippen molar-refractivity contribution in [3.8, 4) is 0 Å². The summed E-state index contributed by atoms with van der Waals surface area (Å²) in [6, 6.07) is 0. The first-order valence-corrected chi connectivity index (χ1v) is 3.13. The molecule has 2 N–H and O–H groups in total. The van der Waals surface area contributed by atoms with Gasteiger partial charge >= 0.3 is 109 Å². The van der Waals surface area contributed by atoms with Crippen LogP contribution in [-0.4, -0.2) is 33.7 Å². The van der Waals surface area contributed by atoms with Gasteiger partial charge in [-0.25, -0.2) is 0 Å². The number of hydrogen-bond donors (Lipinski definition) is 2. The molecule has 0 aliphatic rings. The predicted molar refractivity (Wildman–Crippen MR) is 32.2 cm³/mol. The fourth-order valence-corrected chi connectivity index (χ4v) is 0.691. The van der Waals surface area contributed by atoms with Crippen LogP contribution in [0.1, 0.15) is 12.8 Å². The van der Waals surface area contributed by atoms with Crippen LogP contribution < -0.4 is 113 Å². The molecule has 0 aromatic carbocycles. The molecule has 0 aliphatic heterocycles. The van der Waals surface area contributed by atoms with E-state index in [0.717, 1.165) is 0 Å². The number of carbonyl (C=O) groups excluding carboxylic acids is 1. The molecule has 74 valence electrons. The Kier molecular flexibility index (Phi) is 14.1. The van der Waals surface area contributed by atoms with Gasteiger partial charge in [0, 0.05) is 18.0 Å². The van der Waals surface area contributed by atoms with Gasteiger partial charge < -0.3 is 25.2 Å². The predicted octanol–water partition coefficient (Wildman–Crippen LogP) is -9.21. The van der Waals surface area contributed by atoms with Crippen molar-refractivity contribution in [1.82, 2.24) is 0 Å². The third-order valence-corrected chi connectivity index (χ3v) is 1.26. The summed E-state index contributed by atoms with van der Waals surface area (Å²) in [6.07, 6.45) is -2.66. The van der Waals surface area contributed by atoms with Crippen molar-refractivity contribution in [2.24, 2.45) is 0 Å². The quantitative estimate of drug-likeness (QED) is 0.472. The monoisotopic (exact) mass is 268 g/mol. The SMILES string of the molecule is O=C([O-])CC([O-])(CC(=O)O)C(=O)O.[K+].[K+]. The Balaban J connectivity index is -0.000000720. The Hall–Kier alpha value is 1.64. The van der Waals surface area contributed by atoms with E-state index >= 15 is 0 Å². The average Bonchev–Trinajstić information content (AvgIpc) is 1.82. The van der Waals surface area contributed by atoms with Crippen LogP contribution in [0.25, 0.3) is 0 Å². The van der Waals surface area contributed by atoms with Gasteiger partial charge in [0.2, 0.25) is 0 Å². The molecule has 1 unspecified atom stereocenters. The van der Waals surface area contributed by atoms with Crippen molar-refractivity contribution in [1.29, 1.82) is 0 Å². The molecule has 15 heavy (non-hydrogen) atoms. The topological polar surface area (TPSA) is 138 Å². The van der Waals surface area contributed by atoms with Crippen LogP contribution in [0, 0.1) is 0 Å². The molecule has 0 aromatic heterocycles. The van der Waals surface area contributed by atoms with Gasteiger partial charge in [-0.2, -0.15) is 0 Å². The van der Waals surface area contributed by atoms with Gasteiger partial charge in [0.1, 0.15) is 0 Å². The Morgan fingerprint density at radius 3 is 1.67 bits per heavy atom. The fraction of sp³-hybridized carbons (Fsp3) is 0.500. The van der Waals surface area contributed by atoms with Gasteiger partial charge in [-0.15, -0.1) is 0 Å². The first-order valence-electron chi connectivity index (χ1n) is 3.13. The minimum atomic E-state index is -3.05. The molecule has 0 aromatic rings. The van der Waals surface area contributed by atoms with Crippen molar-refractivity contribution >= 4 is 17.9 Å². The van der Waals surface area contributed by atoms with Crippen molar-refractivity contribution in [2.45, 2.75) is 18.4 Å². The zero-order chi connectivity index (χ0) is 10.6. The molecule has 0 rings (SSSR count). The van der Waals surface area contributed by atoms with Gasteiger partial charge in [-0.3, -0.25) is 9.59 Å². The second-order valence-corrected chi connectivity index (χ2v) is 2.42. The van der Waals surface area contributed by atoms with E-state index in [1.165, 1.54) is 0 Å². The average molecular weight is 268 g/mol. The maximum atomic E-state index is 11.0. The number of hydrogen-bond acceptors (Lipinski definition) is 5. The summed E-state index contributed by atoms with van der Waals surface area (Å²) in [6.45, 7) is 0. The summed E-state index contributed by atoms with van der Waals surface area (Å²) in [4.78, 5) is 30.2. The summed E-state index contributed by atoms with van der Waals surface area (Å²) in [5.41, 5.74) is -3.05. The van der Waals surface area contributed by atoms with Crippen LogP contribution in [0.3, 0.4) is 0 Å². The molecular weight excluding hydrogens is 262 g/mol. The first-order chi connectivity index (χ1) is 5.78. The van der Waals surface area contributed by atoms with Gasteiger partial charge in [-0.05, 0) is 6.42 Å². The van der Waals surface area contributed by atoms with Gasteiger partial charge in [0.15, 0.2) is 0 Å². The van der Waals surface area contributed by atoms with E-state index in [0.29, 0.717) is 0 Å². The van der Waals surface area contributed by atoms with Crippen LogP contribution in [-0.2, 0) is 14.4 Å². The largest absolute Gasteiger partial charge is 1.00 e. The van der Waals surface area contributed by atoms with Crippen LogP contribution in [0.4, 0.5) is 0 Å². The van der Waals surface area contributed by atoms with E-state index in [4.69, 9.17) is 10.2 Å². The van der Waals surface area contributed by atoms with Crippen molar-refractivity contribution in [3.63, 3.8) is 0 Å². The van der Waals surface area contributed by atoms with E-state index in [9.17, 15) is 24.6 Å². The molecule has 0 fully saturated rings.